The molecule has 0 spiro atoms. The van der Waals surface area contributed by atoms with Crippen molar-refractivity contribution in [1.82, 2.24) is 14.9 Å². The summed E-state index contributed by atoms with van der Waals surface area (Å²) in [5, 5.41) is 3.29. The Morgan fingerprint density at radius 2 is 1.92 bits per heavy atom. The van der Waals surface area contributed by atoms with Crippen molar-refractivity contribution in [2.24, 2.45) is 5.92 Å². The summed E-state index contributed by atoms with van der Waals surface area (Å²) >= 11 is 0. The molecule has 0 saturated carbocycles. The summed E-state index contributed by atoms with van der Waals surface area (Å²) in [7, 11) is 0. The summed E-state index contributed by atoms with van der Waals surface area (Å²) in [5.41, 5.74) is 1.39. The molecule has 2 atom stereocenters. The first kappa shape index (κ1) is 18.5. The van der Waals surface area contributed by atoms with E-state index in [4.69, 9.17) is 4.74 Å². The highest BCUT2D eigenvalue weighted by Crippen LogP contribution is 2.24. The molecule has 2 heterocycles. The van der Waals surface area contributed by atoms with Gasteiger partial charge in [-0.3, -0.25) is 0 Å². The van der Waals surface area contributed by atoms with Crippen LogP contribution < -0.4 is 5.32 Å². The number of nitrogens with one attached hydrogen (secondary N) is 1. The lowest BCUT2D eigenvalue weighted by atomic mass is 9.94. The number of aromatic nitrogens is 2. The molecule has 2 rings (SSSR count). The molecule has 1 aliphatic heterocycles. The fraction of sp³-hybridized carbons (Fsp3) is 0.722. The van der Waals surface area contributed by atoms with E-state index in [-0.39, 0.29) is 12.1 Å². The number of ether oxygens (including phenoxy) is 1. The first-order chi connectivity index (χ1) is 11.1. The van der Waals surface area contributed by atoms with Crippen LogP contribution in [0.2, 0.25) is 0 Å². The van der Waals surface area contributed by atoms with Gasteiger partial charge in [0.25, 0.3) is 0 Å². The molecule has 0 radical (unpaired) electrons. The number of piperidine rings is 1. The Morgan fingerprint density at radius 1 is 1.29 bits per heavy atom. The second-order valence-electron chi connectivity index (χ2n) is 7.82. The first-order valence-corrected chi connectivity index (χ1v) is 8.70. The van der Waals surface area contributed by atoms with Crippen LogP contribution in [-0.2, 0) is 4.74 Å². The number of amides is 1. The lowest BCUT2D eigenvalue weighted by molar-refractivity contribution is 0.00576. The van der Waals surface area contributed by atoms with Crippen LogP contribution in [0.1, 0.15) is 51.9 Å². The number of nitrogens with zero attached hydrogens (tertiary/aromatic N) is 3. The van der Waals surface area contributed by atoms with Crippen LogP contribution in [0.15, 0.2) is 6.07 Å². The Hall–Kier alpha value is -1.85. The quantitative estimate of drug-likeness (QED) is 0.916. The van der Waals surface area contributed by atoms with Gasteiger partial charge in [0.15, 0.2) is 0 Å². The molecule has 1 aliphatic rings. The van der Waals surface area contributed by atoms with Crippen LogP contribution in [0.4, 0.5) is 10.7 Å². The lowest BCUT2D eigenvalue weighted by Gasteiger charge is -2.39. The van der Waals surface area contributed by atoms with Crippen molar-refractivity contribution < 1.29 is 9.53 Å². The van der Waals surface area contributed by atoms with E-state index in [0.29, 0.717) is 18.4 Å². The van der Waals surface area contributed by atoms with Crippen LogP contribution >= 0.6 is 0 Å². The number of rotatable bonds is 3. The number of carbonyl (C=O) groups excluding carboxylic acids is 1. The summed E-state index contributed by atoms with van der Waals surface area (Å²) in [5.74, 6) is 1.11. The Balaban J connectivity index is 2.03. The van der Waals surface area contributed by atoms with Gasteiger partial charge in [0.05, 0.1) is 6.04 Å². The maximum Gasteiger partial charge on any atom is 0.410 e. The maximum absolute atomic E-state index is 12.5. The molecule has 1 N–H and O–H groups in total. The van der Waals surface area contributed by atoms with E-state index in [1.807, 2.05) is 45.6 Å². The fourth-order valence-corrected chi connectivity index (χ4v) is 2.98. The number of anilines is 1. The maximum atomic E-state index is 12.5. The molecule has 24 heavy (non-hydrogen) atoms. The van der Waals surface area contributed by atoms with Crippen molar-refractivity contribution >= 4 is 12.0 Å². The molecule has 1 fully saturated rings. The third kappa shape index (κ3) is 5.35. The second-order valence-corrected chi connectivity index (χ2v) is 7.82. The minimum Gasteiger partial charge on any atom is -0.444 e. The summed E-state index contributed by atoms with van der Waals surface area (Å²) in [6.07, 6.45) is 1.83. The molecule has 1 saturated heterocycles. The van der Waals surface area contributed by atoms with E-state index < -0.39 is 5.60 Å². The average molecular weight is 334 g/mol. The monoisotopic (exact) mass is 334 g/mol. The largest absolute Gasteiger partial charge is 0.444 e. The van der Waals surface area contributed by atoms with Crippen LogP contribution in [-0.4, -0.2) is 45.7 Å². The second kappa shape index (κ2) is 7.36. The summed E-state index contributed by atoms with van der Waals surface area (Å²) in [6.45, 7) is 13.1. The number of hydrogen-bond donors (Lipinski definition) is 1. The Bertz CT molecular complexity index is 563. The zero-order valence-electron chi connectivity index (χ0n) is 15.7. The first-order valence-electron chi connectivity index (χ1n) is 8.70. The third-order valence-electron chi connectivity index (χ3n) is 4.05. The van der Waals surface area contributed by atoms with Gasteiger partial charge in [-0.2, -0.15) is 0 Å². The van der Waals surface area contributed by atoms with Gasteiger partial charge in [-0.1, -0.05) is 6.92 Å². The molecule has 0 aliphatic carbocycles. The number of hydrogen-bond acceptors (Lipinski definition) is 5. The molecule has 1 amide bonds. The summed E-state index contributed by atoms with van der Waals surface area (Å²) in [4.78, 5) is 23.2. The molecule has 0 aromatic carbocycles. The molecular formula is C18H30N4O2. The molecule has 0 unspecified atom stereocenters. The molecule has 0 bridgehead atoms. The van der Waals surface area contributed by atoms with Crippen LogP contribution in [0.5, 0.6) is 0 Å². The van der Waals surface area contributed by atoms with Crippen molar-refractivity contribution in [3.05, 3.63) is 17.5 Å². The minimum absolute atomic E-state index is 0.0977. The fourth-order valence-electron chi connectivity index (χ4n) is 2.98. The van der Waals surface area contributed by atoms with Crippen molar-refractivity contribution in [1.29, 1.82) is 0 Å². The highest BCUT2D eigenvalue weighted by molar-refractivity contribution is 5.68. The SMILES string of the molecule is Cc1cc(C)nc(NC[C@@H]2CC[C@H](C)CN2C(=O)OC(C)(C)C)n1. The van der Waals surface area contributed by atoms with Gasteiger partial charge in [-0.15, -0.1) is 0 Å². The van der Waals surface area contributed by atoms with Gasteiger partial charge in [0.1, 0.15) is 5.60 Å². The zero-order chi connectivity index (χ0) is 17.9. The van der Waals surface area contributed by atoms with Crippen LogP contribution in [0.25, 0.3) is 0 Å². The van der Waals surface area contributed by atoms with E-state index in [1.165, 1.54) is 0 Å². The van der Waals surface area contributed by atoms with Crippen LogP contribution in [0, 0.1) is 19.8 Å². The van der Waals surface area contributed by atoms with E-state index in [0.717, 1.165) is 30.8 Å². The smallest absolute Gasteiger partial charge is 0.410 e. The highest BCUT2D eigenvalue weighted by Gasteiger charge is 2.32. The summed E-state index contributed by atoms with van der Waals surface area (Å²) < 4.78 is 5.57. The number of carbonyl (C=O) groups is 1. The average Bonchev–Trinajstić information content (AvgIpc) is 2.43. The number of aryl methyl sites for hydroxylation is 2. The Morgan fingerprint density at radius 3 is 2.50 bits per heavy atom. The van der Waals surface area contributed by atoms with E-state index in [9.17, 15) is 4.79 Å². The van der Waals surface area contributed by atoms with Crippen molar-refractivity contribution in [3.8, 4) is 0 Å². The Labute approximate surface area is 145 Å². The van der Waals surface area contributed by atoms with Gasteiger partial charge < -0.3 is 15.0 Å². The van der Waals surface area contributed by atoms with Gasteiger partial charge >= 0.3 is 6.09 Å². The van der Waals surface area contributed by atoms with E-state index in [1.54, 1.807) is 0 Å². The van der Waals surface area contributed by atoms with E-state index >= 15 is 0 Å². The highest BCUT2D eigenvalue weighted by atomic mass is 16.6. The molecular weight excluding hydrogens is 304 g/mol. The standard InChI is InChI=1S/C18H30N4O2/c1-12-7-8-15(22(11-12)17(23)24-18(4,5)6)10-19-16-20-13(2)9-14(3)21-16/h9,12,15H,7-8,10-11H2,1-6H3,(H,19,20,21)/t12-,15-/m0/s1. The predicted molar refractivity (Wildman–Crippen MR) is 95.1 cm³/mol. The molecule has 6 heteroatoms. The predicted octanol–water partition coefficient (Wildman–Crippen LogP) is 3.54. The molecule has 134 valence electrons. The molecule has 1 aromatic heterocycles. The van der Waals surface area contributed by atoms with Crippen molar-refractivity contribution in [2.45, 2.75) is 66.0 Å². The molecule has 1 aromatic rings. The lowest BCUT2D eigenvalue weighted by Crippen LogP contribution is -2.51. The van der Waals surface area contributed by atoms with Crippen molar-refractivity contribution in [2.75, 3.05) is 18.4 Å². The topological polar surface area (TPSA) is 67.4 Å². The zero-order valence-corrected chi connectivity index (χ0v) is 15.7. The van der Waals surface area contributed by atoms with Gasteiger partial charge in [0, 0.05) is 24.5 Å². The van der Waals surface area contributed by atoms with Gasteiger partial charge in [0.2, 0.25) is 5.95 Å². The minimum atomic E-state index is -0.480. The van der Waals surface area contributed by atoms with Crippen molar-refractivity contribution in [3.63, 3.8) is 0 Å². The van der Waals surface area contributed by atoms with E-state index in [2.05, 4.69) is 22.2 Å². The van der Waals surface area contributed by atoms with Crippen LogP contribution in [0.3, 0.4) is 0 Å². The van der Waals surface area contributed by atoms with Gasteiger partial charge in [-0.05, 0) is 59.4 Å². The molecule has 6 nitrogen and oxygen atoms in total. The summed E-state index contributed by atoms with van der Waals surface area (Å²) in [6, 6.07) is 2.04. The Kier molecular flexibility index (Phi) is 5.67. The van der Waals surface area contributed by atoms with Gasteiger partial charge in [-0.25, -0.2) is 14.8 Å². The normalized spacial score (nSPS) is 21.5. The number of likely N-dealkylation sites (tertiary alicyclic amines) is 1. The third-order valence-corrected chi connectivity index (χ3v) is 4.05.